The molecule has 1 aromatic heterocycles. The number of halogens is 1. The van der Waals surface area contributed by atoms with E-state index in [1.807, 2.05) is 18.2 Å². The second-order valence-corrected chi connectivity index (χ2v) is 7.50. The molecule has 0 saturated heterocycles. The summed E-state index contributed by atoms with van der Waals surface area (Å²) >= 11 is 0. The minimum absolute atomic E-state index is 0. The SMILES string of the molecule is [Br-].[N-]=[N+]=NCCCCOc1ccc2c(c1)[n+](Cc1ccccc1)cn2Cc1ccccc1. The molecule has 4 aromatic rings. The van der Waals surface area contributed by atoms with Crippen molar-refractivity contribution < 1.29 is 26.3 Å². The lowest BCUT2D eigenvalue weighted by molar-refractivity contribution is -0.663. The predicted molar refractivity (Wildman–Crippen MR) is 122 cm³/mol. The minimum atomic E-state index is 0. The van der Waals surface area contributed by atoms with E-state index in [0.717, 1.165) is 37.2 Å². The number of hydrogen-bond donors (Lipinski definition) is 0. The first-order chi connectivity index (χ1) is 15.3. The summed E-state index contributed by atoms with van der Waals surface area (Å²) in [5, 5.41) is 3.56. The van der Waals surface area contributed by atoms with Gasteiger partial charge in [-0.15, -0.1) is 0 Å². The quantitative estimate of drug-likeness (QED) is 0.110. The Bertz CT molecular complexity index is 1170. The Hall–Kier alpha value is -3.28. The third-order valence-corrected chi connectivity index (χ3v) is 5.22. The smallest absolute Gasteiger partial charge is 0.245 e. The number of rotatable bonds is 10. The van der Waals surface area contributed by atoms with Crippen LogP contribution in [0.15, 0.2) is 90.3 Å². The number of benzene rings is 3. The molecule has 0 radical (unpaired) electrons. The first kappa shape index (κ1) is 23.4. The fourth-order valence-corrected chi connectivity index (χ4v) is 3.69. The summed E-state index contributed by atoms with van der Waals surface area (Å²) in [5.41, 5.74) is 13.2. The second-order valence-electron chi connectivity index (χ2n) is 7.50. The Labute approximate surface area is 198 Å². The average Bonchev–Trinajstić information content (AvgIpc) is 3.14. The number of unbranched alkanes of at least 4 members (excludes halogenated alkanes) is 1. The van der Waals surface area contributed by atoms with Crippen molar-refractivity contribution in [2.24, 2.45) is 5.11 Å². The molecular formula is C25H26BrN5O. The molecule has 1 heterocycles. The zero-order valence-electron chi connectivity index (χ0n) is 17.8. The van der Waals surface area contributed by atoms with Gasteiger partial charge in [-0.1, -0.05) is 65.8 Å². The lowest BCUT2D eigenvalue weighted by atomic mass is 10.2. The van der Waals surface area contributed by atoms with E-state index < -0.39 is 0 Å². The van der Waals surface area contributed by atoms with Gasteiger partial charge in [-0.3, -0.25) is 0 Å². The van der Waals surface area contributed by atoms with Crippen molar-refractivity contribution in [2.75, 3.05) is 13.2 Å². The number of hydrogen-bond acceptors (Lipinski definition) is 2. The van der Waals surface area contributed by atoms with Crippen molar-refractivity contribution in [3.05, 3.63) is 107 Å². The summed E-state index contributed by atoms with van der Waals surface area (Å²) in [6.07, 6.45) is 3.87. The molecule has 0 atom stereocenters. The fraction of sp³-hybridized carbons (Fsp3) is 0.240. The van der Waals surface area contributed by atoms with Gasteiger partial charge in [0, 0.05) is 17.5 Å². The highest BCUT2D eigenvalue weighted by molar-refractivity contribution is 5.74. The molecule has 6 nitrogen and oxygen atoms in total. The summed E-state index contributed by atoms with van der Waals surface area (Å²) < 4.78 is 10.5. The molecule has 3 aromatic carbocycles. The Morgan fingerprint density at radius 1 is 0.906 bits per heavy atom. The van der Waals surface area contributed by atoms with Crippen LogP contribution in [-0.4, -0.2) is 17.7 Å². The maximum absolute atomic E-state index is 8.35. The number of aromatic nitrogens is 2. The molecule has 0 amide bonds. The number of fused-ring (bicyclic) bond motifs is 1. The summed E-state index contributed by atoms with van der Waals surface area (Å²) in [5.74, 6) is 0.857. The lowest BCUT2D eigenvalue weighted by Crippen LogP contribution is -3.00. The molecule has 32 heavy (non-hydrogen) atoms. The molecule has 0 fully saturated rings. The van der Waals surface area contributed by atoms with Gasteiger partial charge in [-0.2, -0.15) is 0 Å². The van der Waals surface area contributed by atoms with Gasteiger partial charge in [0.05, 0.1) is 6.61 Å². The minimum Gasteiger partial charge on any atom is -1.00 e. The normalized spacial score (nSPS) is 10.4. The van der Waals surface area contributed by atoms with E-state index in [1.54, 1.807) is 0 Å². The summed E-state index contributed by atoms with van der Waals surface area (Å²) in [6, 6.07) is 27.3. The van der Waals surface area contributed by atoms with E-state index in [1.165, 1.54) is 16.6 Å². The van der Waals surface area contributed by atoms with Crippen LogP contribution in [0.3, 0.4) is 0 Å². The molecule has 0 bridgehead atoms. The van der Waals surface area contributed by atoms with Crippen molar-refractivity contribution in [3.8, 4) is 5.75 Å². The van der Waals surface area contributed by atoms with Crippen LogP contribution in [-0.2, 0) is 13.1 Å². The number of ether oxygens (including phenoxy) is 1. The highest BCUT2D eigenvalue weighted by atomic mass is 79.9. The van der Waals surface area contributed by atoms with Gasteiger partial charge >= 0.3 is 0 Å². The Morgan fingerprint density at radius 3 is 2.34 bits per heavy atom. The van der Waals surface area contributed by atoms with Gasteiger partial charge in [0.25, 0.3) is 0 Å². The fourth-order valence-electron chi connectivity index (χ4n) is 3.69. The molecule has 0 aliphatic heterocycles. The maximum atomic E-state index is 8.35. The molecule has 0 aliphatic rings. The van der Waals surface area contributed by atoms with Crippen LogP contribution in [0.4, 0.5) is 0 Å². The van der Waals surface area contributed by atoms with Crippen molar-refractivity contribution in [2.45, 2.75) is 25.9 Å². The van der Waals surface area contributed by atoms with E-state index in [4.69, 9.17) is 10.3 Å². The van der Waals surface area contributed by atoms with E-state index in [9.17, 15) is 0 Å². The van der Waals surface area contributed by atoms with E-state index >= 15 is 0 Å². The topological polar surface area (TPSA) is 66.8 Å². The largest absolute Gasteiger partial charge is 1.00 e. The molecule has 164 valence electrons. The second kappa shape index (κ2) is 11.9. The molecule has 4 rings (SSSR count). The first-order valence-electron chi connectivity index (χ1n) is 10.6. The van der Waals surface area contributed by atoms with Gasteiger partial charge in [0.15, 0.2) is 11.0 Å². The summed E-state index contributed by atoms with van der Waals surface area (Å²) in [7, 11) is 0. The van der Waals surface area contributed by atoms with Crippen LogP contribution in [0.25, 0.3) is 21.5 Å². The van der Waals surface area contributed by atoms with Crippen LogP contribution in [0.1, 0.15) is 24.0 Å². The lowest BCUT2D eigenvalue weighted by Gasteiger charge is -2.05. The number of imidazole rings is 1. The average molecular weight is 492 g/mol. The van der Waals surface area contributed by atoms with Crippen LogP contribution in [0.2, 0.25) is 0 Å². The Balaban J connectivity index is 0.00000289. The van der Waals surface area contributed by atoms with Gasteiger partial charge in [-0.25, -0.2) is 9.13 Å². The third kappa shape index (κ3) is 6.13. The zero-order valence-corrected chi connectivity index (χ0v) is 19.4. The van der Waals surface area contributed by atoms with Crippen LogP contribution in [0, 0.1) is 0 Å². The maximum Gasteiger partial charge on any atom is 0.245 e. The molecule has 0 aliphatic carbocycles. The molecule has 0 unspecified atom stereocenters. The Morgan fingerprint density at radius 2 is 1.62 bits per heavy atom. The van der Waals surface area contributed by atoms with Crippen molar-refractivity contribution in [1.82, 2.24) is 4.57 Å². The highest BCUT2D eigenvalue weighted by Gasteiger charge is 2.17. The van der Waals surface area contributed by atoms with Crippen molar-refractivity contribution in [3.63, 3.8) is 0 Å². The van der Waals surface area contributed by atoms with Crippen molar-refractivity contribution in [1.29, 1.82) is 0 Å². The van der Waals surface area contributed by atoms with Gasteiger partial charge in [-0.05, 0) is 41.6 Å². The van der Waals surface area contributed by atoms with E-state index in [0.29, 0.717) is 13.2 Å². The van der Waals surface area contributed by atoms with Crippen LogP contribution >= 0.6 is 0 Å². The molecule has 7 heteroatoms. The summed E-state index contributed by atoms with van der Waals surface area (Å²) in [6.45, 7) is 2.74. The van der Waals surface area contributed by atoms with Gasteiger partial charge in [0.1, 0.15) is 18.8 Å². The van der Waals surface area contributed by atoms with E-state index in [-0.39, 0.29) is 17.0 Å². The monoisotopic (exact) mass is 491 g/mol. The molecule has 0 saturated carbocycles. The first-order valence-corrected chi connectivity index (χ1v) is 10.6. The predicted octanol–water partition coefficient (Wildman–Crippen LogP) is 2.50. The van der Waals surface area contributed by atoms with Crippen LogP contribution < -0.4 is 26.3 Å². The van der Waals surface area contributed by atoms with Gasteiger partial charge in [0.2, 0.25) is 6.33 Å². The highest BCUT2D eigenvalue weighted by Crippen LogP contribution is 2.21. The van der Waals surface area contributed by atoms with Crippen LogP contribution in [0.5, 0.6) is 5.75 Å². The molecular weight excluding hydrogens is 466 g/mol. The zero-order chi connectivity index (χ0) is 21.3. The standard InChI is InChI=1S/C25H26N5O.BrH/c26-28-27-15-7-8-16-31-23-13-14-24-25(17-23)30(19-22-11-5-2-6-12-22)20-29(24)18-21-9-3-1-4-10-21;/h1-6,9-14,17,20H,7-8,15-16,18-19H2;1H/q+1;/p-1. The third-order valence-electron chi connectivity index (χ3n) is 5.22. The molecule has 0 N–H and O–H groups in total. The Kier molecular flexibility index (Phi) is 8.72. The molecule has 0 spiro atoms. The van der Waals surface area contributed by atoms with E-state index in [2.05, 4.69) is 86.2 Å². The van der Waals surface area contributed by atoms with Gasteiger partial charge < -0.3 is 21.7 Å². The number of nitrogens with zero attached hydrogens (tertiary/aromatic N) is 5. The number of azide groups is 1. The van der Waals surface area contributed by atoms with Crippen molar-refractivity contribution >= 4 is 11.0 Å². The summed E-state index contributed by atoms with van der Waals surface area (Å²) in [4.78, 5) is 2.78.